The normalized spacial score (nSPS) is 13.4. The largest absolute Gasteiger partial charge is 0.496 e. The molecule has 0 fully saturated rings. The van der Waals surface area contributed by atoms with Crippen LogP contribution >= 0.6 is 0 Å². The monoisotopic (exact) mass is 262 g/mol. The van der Waals surface area contributed by atoms with E-state index >= 15 is 0 Å². The van der Waals surface area contributed by atoms with Gasteiger partial charge in [-0.15, -0.1) is 0 Å². The first-order valence-corrected chi connectivity index (χ1v) is 6.02. The predicted molar refractivity (Wildman–Crippen MR) is 70.9 cm³/mol. The minimum absolute atomic E-state index is 0.329. The Kier molecular flexibility index (Phi) is 4.90. The van der Waals surface area contributed by atoms with Crippen molar-refractivity contribution in [3.63, 3.8) is 0 Å². The van der Waals surface area contributed by atoms with Gasteiger partial charge in [0.25, 0.3) is 0 Å². The first-order valence-electron chi connectivity index (χ1n) is 6.02. The van der Waals surface area contributed by atoms with E-state index in [1.165, 1.54) is 0 Å². The van der Waals surface area contributed by atoms with Crippen molar-refractivity contribution in [2.45, 2.75) is 32.4 Å². The van der Waals surface area contributed by atoms with Crippen LogP contribution in [0.15, 0.2) is 18.2 Å². The minimum atomic E-state index is -0.992. The summed E-state index contributed by atoms with van der Waals surface area (Å²) in [6.45, 7) is 3.77. The summed E-state index contributed by atoms with van der Waals surface area (Å²) in [6, 6.07) is 7.12. The molecule has 1 rings (SSSR count). The lowest BCUT2D eigenvalue weighted by molar-refractivity contribution is -0.144. The van der Waals surface area contributed by atoms with Crippen molar-refractivity contribution in [1.29, 1.82) is 5.26 Å². The van der Waals surface area contributed by atoms with Crippen LogP contribution in [-0.2, 0) is 11.3 Å². The molecule has 1 aromatic rings. The third-order valence-electron chi connectivity index (χ3n) is 3.26. The molecule has 0 heterocycles. The lowest BCUT2D eigenvalue weighted by atomic mass is 9.98. The van der Waals surface area contributed by atoms with Crippen LogP contribution in [0, 0.1) is 11.3 Å². The fourth-order valence-corrected chi connectivity index (χ4v) is 1.63. The Bertz CT molecular complexity index is 508. The Morgan fingerprint density at radius 2 is 2.26 bits per heavy atom. The number of nitrogens with one attached hydrogen (secondary N) is 1. The number of methoxy groups -OCH3 is 1. The number of hydrogen-bond donors (Lipinski definition) is 2. The maximum absolute atomic E-state index is 11.2. The molecule has 0 spiro atoms. The lowest BCUT2D eigenvalue weighted by Gasteiger charge is -2.25. The highest BCUT2D eigenvalue weighted by Crippen LogP contribution is 2.21. The molecule has 102 valence electrons. The molecular weight excluding hydrogens is 244 g/mol. The van der Waals surface area contributed by atoms with Crippen LogP contribution in [0.5, 0.6) is 5.75 Å². The third kappa shape index (κ3) is 3.46. The van der Waals surface area contributed by atoms with Crippen LogP contribution in [0.4, 0.5) is 0 Å². The summed E-state index contributed by atoms with van der Waals surface area (Å²) in [5, 5.41) is 21.1. The van der Waals surface area contributed by atoms with E-state index in [1.54, 1.807) is 32.2 Å². The predicted octanol–water partition coefficient (Wildman–Crippen LogP) is 1.91. The number of carboxylic acid groups (broad SMARTS) is 1. The number of carboxylic acids is 1. The first-order chi connectivity index (χ1) is 8.96. The summed E-state index contributed by atoms with van der Waals surface area (Å²) in [4.78, 5) is 11.2. The molecule has 2 N–H and O–H groups in total. The van der Waals surface area contributed by atoms with Gasteiger partial charge in [0.05, 0.1) is 18.7 Å². The van der Waals surface area contributed by atoms with Gasteiger partial charge in [-0.3, -0.25) is 10.1 Å². The average Bonchev–Trinajstić information content (AvgIpc) is 2.44. The number of benzene rings is 1. The molecule has 1 unspecified atom stereocenters. The van der Waals surface area contributed by atoms with E-state index in [-0.39, 0.29) is 0 Å². The number of nitriles is 1. The molecule has 5 nitrogen and oxygen atoms in total. The minimum Gasteiger partial charge on any atom is -0.496 e. The summed E-state index contributed by atoms with van der Waals surface area (Å²) >= 11 is 0. The summed E-state index contributed by atoms with van der Waals surface area (Å²) < 4.78 is 5.21. The van der Waals surface area contributed by atoms with E-state index in [4.69, 9.17) is 10.00 Å². The number of aliphatic carboxylic acids is 1. The second-order valence-corrected chi connectivity index (χ2v) is 4.48. The standard InChI is InChI=1S/C14H18N2O3/c1-4-14(2,13(17)18)16-9-11-7-10(8-15)5-6-12(11)19-3/h5-7,16H,4,9H2,1-3H3,(H,17,18). The Hall–Kier alpha value is -2.06. The summed E-state index contributed by atoms with van der Waals surface area (Å²) in [6.07, 6.45) is 0.461. The van der Waals surface area contributed by atoms with Crippen molar-refractivity contribution in [2.75, 3.05) is 7.11 Å². The van der Waals surface area contributed by atoms with Gasteiger partial charge in [-0.05, 0) is 31.5 Å². The molecule has 0 bridgehead atoms. The highest BCUT2D eigenvalue weighted by Gasteiger charge is 2.30. The molecule has 19 heavy (non-hydrogen) atoms. The summed E-state index contributed by atoms with van der Waals surface area (Å²) in [5.74, 6) is -0.263. The van der Waals surface area contributed by atoms with Crippen LogP contribution in [-0.4, -0.2) is 23.7 Å². The number of ether oxygens (including phenoxy) is 1. The smallest absolute Gasteiger partial charge is 0.323 e. The van der Waals surface area contributed by atoms with Crippen LogP contribution < -0.4 is 10.1 Å². The zero-order valence-corrected chi connectivity index (χ0v) is 11.4. The van der Waals surface area contributed by atoms with Crippen molar-refractivity contribution < 1.29 is 14.6 Å². The Balaban J connectivity index is 2.93. The van der Waals surface area contributed by atoms with Crippen LogP contribution in [0.3, 0.4) is 0 Å². The second-order valence-electron chi connectivity index (χ2n) is 4.48. The Morgan fingerprint density at radius 1 is 1.58 bits per heavy atom. The van der Waals surface area contributed by atoms with Crippen molar-refractivity contribution in [1.82, 2.24) is 5.32 Å². The van der Waals surface area contributed by atoms with E-state index in [0.29, 0.717) is 24.3 Å². The van der Waals surface area contributed by atoms with Gasteiger partial charge in [0.1, 0.15) is 11.3 Å². The maximum atomic E-state index is 11.2. The van der Waals surface area contributed by atoms with Crippen LogP contribution in [0.1, 0.15) is 31.4 Å². The molecular formula is C14H18N2O3. The fourth-order valence-electron chi connectivity index (χ4n) is 1.63. The molecule has 0 aliphatic heterocycles. The van der Waals surface area contributed by atoms with E-state index in [0.717, 1.165) is 5.56 Å². The summed E-state index contributed by atoms with van der Waals surface area (Å²) in [7, 11) is 1.54. The number of nitrogens with zero attached hydrogens (tertiary/aromatic N) is 1. The van der Waals surface area contributed by atoms with Gasteiger partial charge >= 0.3 is 5.97 Å². The molecule has 0 saturated carbocycles. The Labute approximate surface area is 112 Å². The zero-order valence-electron chi connectivity index (χ0n) is 11.4. The molecule has 0 aliphatic carbocycles. The lowest BCUT2D eigenvalue weighted by Crippen LogP contribution is -2.48. The van der Waals surface area contributed by atoms with E-state index in [1.807, 2.05) is 6.92 Å². The highest BCUT2D eigenvalue weighted by molar-refractivity contribution is 5.78. The molecule has 1 atom stereocenters. The van der Waals surface area contributed by atoms with Crippen molar-refractivity contribution in [3.8, 4) is 11.8 Å². The van der Waals surface area contributed by atoms with Gasteiger partial charge in [0, 0.05) is 12.1 Å². The van der Waals surface area contributed by atoms with Gasteiger partial charge in [0.15, 0.2) is 0 Å². The Morgan fingerprint density at radius 3 is 2.74 bits per heavy atom. The molecule has 0 amide bonds. The number of rotatable bonds is 6. The van der Waals surface area contributed by atoms with Crippen molar-refractivity contribution >= 4 is 5.97 Å². The number of carbonyl (C=O) groups is 1. The molecule has 0 aromatic heterocycles. The van der Waals surface area contributed by atoms with Gasteiger partial charge in [0.2, 0.25) is 0 Å². The molecule has 5 heteroatoms. The molecule has 0 radical (unpaired) electrons. The molecule has 0 aliphatic rings. The van der Waals surface area contributed by atoms with Gasteiger partial charge in [-0.25, -0.2) is 0 Å². The zero-order chi connectivity index (χ0) is 14.5. The summed E-state index contributed by atoms with van der Waals surface area (Å²) in [5.41, 5.74) is 0.293. The maximum Gasteiger partial charge on any atom is 0.323 e. The molecule has 0 saturated heterocycles. The van der Waals surface area contributed by atoms with Crippen LogP contribution in [0.25, 0.3) is 0 Å². The van der Waals surface area contributed by atoms with Gasteiger partial charge in [-0.1, -0.05) is 6.92 Å². The fraction of sp³-hybridized carbons (Fsp3) is 0.429. The third-order valence-corrected chi connectivity index (χ3v) is 3.26. The quantitative estimate of drug-likeness (QED) is 0.818. The van der Waals surface area contributed by atoms with E-state index in [9.17, 15) is 9.90 Å². The highest BCUT2D eigenvalue weighted by atomic mass is 16.5. The van der Waals surface area contributed by atoms with Gasteiger partial charge in [-0.2, -0.15) is 5.26 Å². The van der Waals surface area contributed by atoms with Crippen LogP contribution in [0.2, 0.25) is 0 Å². The second kappa shape index (κ2) is 6.21. The average molecular weight is 262 g/mol. The first kappa shape index (κ1) is 15.0. The SMILES string of the molecule is CCC(C)(NCc1cc(C#N)ccc1OC)C(=O)O. The molecule has 1 aromatic carbocycles. The van der Waals surface area contributed by atoms with E-state index in [2.05, 4.69) is 11.4 Å². The van der Waals surface area contributed by atoms with Gasteiger partial charge < -0.3 is 9.84 Å². The number of hydrogen-bond acceptors (Lipinski definition) is 4. The topological polar surface area (TPSA) is 82.3 Å². The van der Waals surface area contributed by atoms with E-state index < -0.39 is 11.5 Å². The van der Waals surface area contributed by atoms with Crippen molar-refractivity contribution in [3.05, 3.63) is 29.3 Å². The van der Waals surface area contributed by atoms with Crippen molar-refractivity contribution in [2.24, 2.45) is 0 Å².